The van der Waals surface area contributed by atoms with Crippen LogP contribution in [0.3, 0.4) is 0 Å². The highest BCUT2D eigenvalue weighted by Gasteiger charge is 2.29. The minimum atomic E-state index is -1.22. The first kappa shape index (κ1) is 26.9. The molecule has 0 bridgehead atoms. The summed E-state index contributed by atoms with van der Waals surface area (Å²) >= 11 is 1.44. The highest BCUT2D eigenvalue weighted by molar-refractivity contribution is 7.98. The van der Waals surface area contributed by atoms with Crippen LogP contribution in [-0.2, 0) is 30.4 Å². The average Bonchev–Trinajstić information content (AvgIpc) is 3.22. The van der Waals surface area contributed by atoms with Crippen LogP contribution in [0.15, 0.2) is 12.5 Å². The number of carboxylic acids is 1. The van der Waals surface area contributed by atoms with E-state index in [0.717, 1.165) is 0 Å². The molecule has 1 aromatic heterocycles. The molecule has 9 N–H and O–H groups in total. The van der Waals surface area contributed by atoms with E-state index in [2.05, 4.69) is 25.9 Å². The van der Waals surface area contributed by atoms with Crippen LogP contribution in [0.5, 0.6) is 0 Å². The smallest absolute Gasteiger partial charge is 0.326 e. The van der Waals surface area contributed by atoms with Crippen molar-refractivity contribution in [2.45, 2.75) is 50.4 Å². The molecule has 0 aromatic carbocycles. The minimum absolute atomic E-state index is 0.00823. The van der Waals surface area contributed by atoms with Crippen molar-refractivity contribution >= 4 is 41.4 Å². The third-order valence-corrected chi connectivity index (χ3v) is 4.99. The standard InChI is InChI=1S/C18H29N7O6S/c1-9(23-16(28)11(19)6-14(20)26)15(27)25-13(5-10-7-21-8-22-10)17(29)24-12(18(30)31)3-4-32-2/h7-9,11-13H,3-6,19H2,1-2H3,(H2,20,26)(H,21,22)(H,23,28)(H,24,29)(H,25,27)(H,30,31). The molecule has 14 heteroatoms. The third-order valence-electron chi connectivity index (χ3n) is 4.35. The summed E-state index contributed by atoms with van der Waals surface area (Å²) < 4.78 is 0. The second kappa shape index (κ2) is 13.3. The fourth-order valence-electron chi connectivity index (χ4n) is 2.58. The number of nitrogens with one attached hydrogen (secondary N) is 4. The number of rotatable bonds is 14. The molecule has 4 amide bonds. The van der Waals surface area contributed by atoms with Gasteiger partial charge in [-0.25, -0.2) is 9.78 Å². The van der Waals surface area contributed by atoms with Crippen LogP contribution in [0.25, 0.3) is 0 Å². The Hall–Kier alpha value is -3.13. The van der Waals surface area contributed by atoms with Crippen LogP contribution in [0.4, 0.5) is 0 Å². The SMILES string of the molecule is CSCCC(NC(=O)C(Cc1cnc[nH]1)NC(=O)C(C)NC(=O)C(N)CC(N)=O)C(=O)O. The number of thioether (sulfide) groups is 1. The number of carboxylic acid groups (broad SMARTS) is 1. The van der Waals surface area contributed by atoms with E-state index >= 15 is 0 Å². The number of primary amides is 1. The number of nitrogens with two attached hydrogens (primary N) is 2. The molecular weight excluding hydrogens is 442 g/mol. The molecule has 1 rings (SSSR count). The number of amides is 4. The molecule has 0 saturated heterocycles. The van der Waals surface area contributed by atoms with Crippen LogP contribution in [0, 0.1) is 0 Å². The van der Waals surface area contributed by atoms with Crippen LogP contribution >= 0.6 is 11.8 Å². The van der Waals surface area contributed by atoms with Crippen molar-refractivity contribution in [3.05, 3.63) is 18.2 Å². The second-order valence-electron chi connectivity index (χ2n) is 7.03. The van der Waals surface area contributed by atoms with Gasteiger partial charge in [-0.3, -0.25) is 19.2 Å². The Morgan fingerprint density at radius 3 is 2.31 bits per heavy atom. The normalized spacial score (nSPS) is 14.5. The number of hydrogen-bond donors (Lipinski definition) is 7. The van der Waals surface area contributed by atoms with Crippen LogP contribution < -0.4 is 27.4 Å². The number of carbonyl (C=O) groups excluding carboxylic acids is 4. The largest absolute Gasteiger partial charge is 0.480 e. The average molecular weight is 472 g/mol. The molecule has 0 aliphatic rings. The summed E-state index contributed by atoms with van der Waals surface area (Å²) in [5, 5.41) is 16.6. The van der Waals surface area contributed by atoms with Gasteiger partial charge < -0.3 is 37.5 Å². The fourth-order valence-corrected chi connectivity index (χ4v) is 3.05. The lowest BCUT2D eigenvalue weighted by molar-refractivity contribution is -0.142. The topological polar surface area (TPSA) is 222 Å². The van der Waals surface area contributed by atoms with Crippen LogP contribution in [-0.4, -0.2) is 80.8 Å². The molecule has 0 spiro atoms. The summed E-state index contributed by atoms with van der Waals surface area (Å²) in [5.74, 6) is -3.61. The van der Waals surface area contributed by atoms with E-state index in [0.29, 0.717) is 11.4 Å². The van der Waals surface area contributed by atoms with Gasteiger partial charge in [-0.1, -0.05) is 0 Å². The van der Waals surface area contributed by atoms with Gasteiger partial charge in [0.25, 0.3) is 0 Å². The number of aromatic nitrogens is 2. The fraction of sp³-hybridized carbons (Fsp3) is 0.556. The molecule has 0 radical (unpaired) electrons. The first-order valence-electron chi connectivity index (χ1n) is 9.69. The Bertz CT molecular complexity index is 804. The molecule has 0 fully saturated rings. The first-order chi connectivity index (χ1) is 15.0. The Balaban J connectivity index is 2.85. The van der Waals surface area contributed by atoms with E-state index in [1.54, 1.807) is 0 Å². The lowest BCUT2D eigenvalue weighted by Crippen LogP contribution is -2.57. The highest BCUT2D eigenvalue weighted by Crippen LogP contribution is 2.04. The summed E-state index contributed by atoms with van der Waals surface area (Å²) in [6, 6.07) is -4.58. The highest BCUT2D eigenvalue weighted by atomic mass is 32.2. The molecule has 4 unspecified atom stereocenters. The lowest BCUT2D eigenvalue weighted by atomic mass is 10.1. The zero-order valence-corrected chi connectivity index (χ0v) is 18.6. The third kappa shape index (κ3) is 9.34. The molecule has 1 heterocycles. The first-order valence-corrected chi connectivity index (χ1v) is 11.1. The molecule has 32 heavy (non-hydrogen) atoms. The maximum absolute atomic E-state index is 12.8. The molecule has 178 valence electrons. The minimum Gasteiger partial charge on any atom is -0.480 e. The second-order valence-corrected chi connectivity index (χ2v) is 8.02. The summed E-state index contributed by atoms with van der Waals surface area (Å²) in [6.07, 6.45) is 4.49. The summed E-state index contributed by atoms with van der Waals surface area (Å²) in [4.78, 5) is 66.4. The van der Waals surface area contributed by atoms with Gasteiger partial charge in [-0.2, -0.15) is 11.8 Å². The molecule has 0 saturated carbocycles. The van der Waals surface area contributed by atoms with E-state index in [4.69, 9.17) is 11.5 Å². The zero-order valence-electron chi connectivity index (χ0n) is 17.8. The zero-order chi connectivity index (χ0) is 24.3. The van der Waals surface area contributed by atoms with Crippen molar-refractivity contribution in [2.24, 2.45) is 11.5 Å². The summed E-state index contributed by atoms with van der Waals surface area (Å²) in [7, 11) is 0. The van der Waals surface area contributed by atoms with Crippen molar-refractivity contribution in [3.8, 4) is 0 Å². The van der Waals surface area contributed by atoms with Gasteiger partial charge in [0.2, 0.25) is 23.6 Å². The molecule has 1 aromatic rings. The van der Waals surface area contributed by atoms with Gasteiger partial charge in [-0.15, -0.1) is 0 Å². The summed E-state index contributed by atoms with van der Waals surface area (Å²) in [5.41, 5.74) is 11.1. The Labute approximate surface area is 188 Å². The molecule has 4 atom stereocenters. The van der Waals surface area contributed by atoms with Gasteiger partial charge in [0.1, 0.15) is 18.1 Å². The Morgan fingerprint density at radius 2 is 1.78 bits per heavy atom. The van der Waals surface area contributed by atoms with Crippen molar-refractivity contribution < 1.29 is 29.1 Å². The van der Waals surface area contributed by atoms with Gasteiger partial charge in [0.05, 0.1) is 18.8 Å². The van der Waals surface area contributed by atoms with Gasteiger partial charge in [-0.05, 0) is 25.4 Å². The van der Waals surface area contributed by atoms with Crippen molar-refractivity contribution in [3.63, 3.8) is 0 Å². The number of nitrogens with zero attached hydrogens (tertiary/aromatic N) is 1. The van der Waals surface area contributed by atoms with Crippen LogP contribution in [0.2, 0.25) is 0 Å². The Kier molecular flexibility index (Phi) is 11.2. The van der Waals surface area contributed by atoms with Gasteiger partial charge in [0, 0.05) is 18.3 Å². The molecular formula is C18H29N7O6S. The van der Waals surface area contributed by atoms with Gasteiger partial charge in [0.15, 0.2) is 0 Å². The molecule has 13 nitrogen and oxygen atoms in total. The van der Waals surface area contributed by atoms with E-state index in [-0.39, 0.29) is 12.8 Å². The van der Waals surface area contributed by atoms with E-state index < -0.39 is 60.2 Å². The van der Waals surface area contributed by atoms with E-state index in [1.165, 1.54) is 31.2 Å². The number of imidazole rings is 1. The maximum Gasteiger partial charge on any atom is 0.326 e. The number of H-pyrrole nitrogens is 1. The summed E-state index contributed by atoms with van der Waals surface area (Å²) in [6.45, 7) is 1.37. The van der Waals surface area contributed by atoms with Gasteiger partial charge >= 0.3 is 5.97 Å². The van der Waals surface area contributed by atoms with E-state index in [9.17, 15) is 29.1 Å². The van der Waals surface area contributed by atoms with E-state index in [1.807, 2.05) is 6.26 Å². The predicted octanol–water partition coefficient (Wildman–Crippen LogP) is -2.53. The Morgan fingerprint density at radius 1 is 1.12 bits per heavy atom. The lowest BCUT2D eigenvalue weighted by Gasteiger charge is -2.23. The van der Waals surface area contributed by atoms with Crippen molar-refractivity contribution in [1.29, 1.82) is 0 Å². The number of carbonyl (C=O) groups is 5. The number of aromatic amines is 1. The predicted molar refractivity (Wildman–Crippen MR) is 116 cm³/mol. The molecule has 0 aliphatic carbocycles. The maximum atomic E-state index is 12.8. The van der Waals surface area contributed by atoms with Crippen molar-refractivity contribution in [1.82, 2.24) is 25.9 Å². The van der Waals surface area contributed by atoms with Crippen molar-refractivity contribution in [2.75, 3.05) is 12.0 Å². The van der Waals surface area contributed by atoms with Crippen LogP contribution in [0.1, 0.15) is 25.5 Å². The monoisotopic (exact) mass is 471 g/mol. The number of hydrogen-bond acceptors (Lipinski definition) is 8. The quantitative estimate of drug-likeness (QED) is 0.152. The number of aliphatic carboxylic acids is 1. The molecule has 0 aliphatic heterocycles.